The zero-order chi connectivity index (χ0) is 12.1. The molecule has 0 rings (SSSR count). The Morgan fingerprint density at radius 1 is 1.07 bits per heavy atom. The third-order valence-electron chi connectivity index (χ3n) is 4.22. The summed E-state index contributed by atoms with van der Waals surface area (Å²) in [7, 11) is 2.06. The van der Waals surface area contributed by atoms with E-state index in [0.29, 0.717) is 11.5 Å². The molecule has 1 N–H and O–H groups in total. The summed E-state index contributed by atoms with van der Waals surface area (Å²) in [5.74, 6) is 1.69. The number of hydrogen-bond acceptors (Lipinski definition) is 1. The molecule has 0 aromatic heterocycles. The monoisotopic (exact) mass is 213 g/mol. The lowest BCUT2D eigenvalue weighted by Gasteiger charge is -2.32. The van der Waals surface area contributed by atoms with Crippen molar-refractivity contribution in [2.24, 2.45) is 17.3 Å². The van der Waals surface area contributed by atoms with E-state index in [1.807, 2.05) is 0 Å². The van der Waals surface area contributed by atoms with Gasteiger partial charge in [-0.3, -0.25) is 0 Å². The number of hydrogen-bond donors (Lipinski definition) is 1. The molecule has 1 heteroatoms. The molecule has 0 spiro atoms. The van der Waals surface area contributed by atoms with Crippen LogP contribution in [0.1, 0.15) is 60.8 Å². The second kappa shape index (κ2) is 6.52. The summed E-state index contributed by atoms with van der Waals surface area (Å²) in [4.78, 5) is 0. The SMILES string of the molecule is CNC(C)C(C)(C)CCCC(C)C(C)C. The van der Waals surface area contributed by atoms with Crippen molar-refractivity contribution in [3.05, 3.63) is 0 Å². The Balaban J connectivity index is 3.84. The van der Waals surface area contributed by atoms with E-state index in [1.54, 1.807) is 0 Å². The fraction of sp³-hybridized carbons (Fsp3) is 1.00. The van der Waals surface area contributed by atoms with Crippen molar-refractivity contribution in [2.75, 3.05) is 7.05 Å². The molecule has 2 atom stereocenters. The van der Waals surface area contributed by atoms with Gasteiger partial charge >= 0.3 is 0 Å². The van der Waals surface area contributed by atoms with Gasteiger partial charge in [-0.2, -0.15) is 0 Å². The van der Waals surface area contributed by atoms with E-state index in [-0.39, 0.29) is 0 Å². The summed E-state index contributed by atoms with van der Waals surface area (Å²) >= 11 is 0. The average molecular weight is 213 g/mol. The standard InChI is InChI=1S/C14H31N/c1-11(2)12(3)9-8-10-14(5,6)13(4)15-7/h11-13,15H,8-10H2,1-7H3. The van der Waals surface area contributed by atoms with Gasteiger partial charge in [-0.05, 0) is 37.6 Å². The molecule has 1 nitrogen and oxygen atoms in total. The highest BCUT2D eigenvalue weighted by Crippen LogP contribution is 2.29. The first-order valence-corrected chi connectivity index (χ1v) is 6.48. The fourth-order valence-corrected chi connectivity index (χ4v) is 1.82. The molecule has 15 heavy (non-hydrogen) atoms. The van der Waals surface area contributed by atoms with Gasteiger partial charge in [0, 0.05) is 6.04 Å². The molecule has 92 valence electrons. The predicted molar refractivity (Wildman–Crippen MR) is 70.2 cm³/mol. The smallest absolute Gasteiger partial charge is 0.00869 e. The normalized spacial score (nSPS) is 16.8. The Morgan fingerprint density at radius 2 is 1.60 bits per heavy atom. The van der Waals surface area contributed by atoms with Gasteiger partial charge in [-0.15, -0.1) is 0 Å². The van der Waals surface area contributed by atoms with Crippen molar-refractivity contribution in [2.45, 2.75) is 66.8 Å². The molecule has 2 unspecified atom stereocenters. The summed E-state index contributed by atoms with van der Waals surface area (Å²) in [6.07, 6.45) is 4.06. The zero-order valence-electron chi connectivity index (χ0n) is 11.9. The van der Waals surface area contributed by atoms with E-state index < -0.39 is 0 Å². The number of rotatable bonds is 7. The molecule has 0 aliphatic heterocycles. The summed E-state index contributed by atoms with van der Waals surface area (Å²) in [5, 5.41) is 3.37. The van der Waals surface area contributed by atoms with Crippen molar-refractivity contribution >= 4 is 0 Å². The summed E-state index contributed by atoms with van der Waals surface area (Å²) in [6, 6.07) is 0.604. The lowest BCUT2D eigenvalue weighted by Crippen LogP contribution is -2.37. The van der Waals surface area contributed by atoms with Crippen molar-refractivity contribution in [1.29, 1.82) is 0 Å². The van der Waals surface area contributed by atoms with Crippen LogP contribution in [-0.2, 0) is 0 Å². The molecule has 0 saturated heterocycles. The summed E-state index contributed by atoms with van der Waals surface area (Å²) < 4.78 is 0. The Labute approximate surface area is 97.0 Å². The van der Waals surface area contributed by atoms with E-state index in [4.69, 9.17) is 0 Å². The molecule has 0 fully saturated rings. The molecular formula is C14H31N. The average Bonchev–Trinajstić information content (AvgIpc) is 2.15. The number of nitrogens with one attached hydrogen (secondary N) is 1. The molecule has 0 radical (unpaired) electrons. The van der Waals surface area contributed by atoms with Crippen LogP contribution in [0.15, 0.2) is 0 Å². The van der Waals surface area contributed by atoms with E-state index in [0.717, 1.165) is 11.8 Å². The molecule has 0 aliphatic rings. The quantitative estimate of drug-likeness (QED) is 0.672. The molecule has 0 aromatic rings. The van der Waals surface area contributed by atoms with Crippen LogP contribution in [0.2, 0.25) is 0 Å². The van der Waals surface area contributed by atoms with E-state index in [1.165, 1.54) is 19.3 Å². The minimum atomic E-state index is 0.422. The van der Waals surface area contributed by atoms with Gasteiger partial charge in [0.15, 0.2) is 0 Å². The lowest BCUT2D eigenvalue weighted by atomic mass is 9.79. The molecule has 0 aromatic carbocycles. The largest absolute Gasteiger partial charge is 0.317 e. The van der Waals surface area contributed by atoms with Crippen LogP contribution in [0, 0.1) is 17.3 Å². The third-order valence-corrected chi connectivity index (χ3v) is 4.22. The maximum Gasteiger partial charge on any atom is 0.00869 e. The van der Waals surface area contributed by atoms with Crippen molar-refractivity contribution in [1.82, 2.24) is 5.32 Å². The predicted octanol–water partition coefficient (Wildman–Crippen LogP) is 4.08. The van der Waals surface area contributed by atoms with Crippen LogP contribution < -0.4 is 5.32 Å². The van der Waals surface area contributed by atoms with Gasteiger partial charge in [-0.25, -0.2) is 0 Å². The molecule has 0 amide bonds. The lowest BCUT2D eigenvalue weighted by molar-refractivity contribution is 0.229. The first kappa shape index (κ1) is 15.0. The first-order valence-electron chi connectivity index (χ1n) is 6.48. The fourth-order valence-electron chi connectivity index (χ4n) is 1.82. The molecule has 0 bridgehead atoms. The van der Waals surface area contributed by atoms with Crippen LogP contribution in [0.5, 0.6) is 0 Å². The van der Waals surface area contributed by atoms with Gasteiger partial charge < -0.3 is 5.32 Å². The maximum atomic E-state index is 3.37. The van der Waals surface area contributed by atoms with E-state index >= 15 is 0 Å². The molecule has 0 aliphatic carbocycles. The topological polar surface area (TPSA) is 12.0 Å². The Kier molecular flexibility index (Phi) is 6.51. The zero-order valence-corrected chi connectivity index (χ0v) is 11.9. The second-order valence-electron chi connectivity index (χ2n) is 6.11. The Bertz CT molecular complexity index is 161. The van der Waals surface area contributed by atoms with Gasteiger partial charge in [0.1, 0.15) is 0 Å². The van der Waals surface area contributed by atoms with Crippen LogP contribution in [0.3, 0.4) is 0 Å². The molecule has 0 saturated carbocycles. The van der Waals surface area contributed by atoms with Crippen LogP contribution in [-0.4, -0.2) is 13.1 Å². The Hall–Kier alpha value is -0.0400. The van der Waals surface area contributed by atoms with Gasteiger partial charge in [0.25, 0.3) is 0 Å². The van der Waals surface area contributed by atoms with Gasteiger partial charge in [-0.1, -0.05) is 47.5 Å². The van der Waals surface area contributed by atoms with E-state index in [9.17, 15) is 0 Å². The van der Waals surface area contributed by atoms with Crippen molar-refractivity contribution < 1.29 is 0 Å². The van der Waals surface area contributed by atoms with E-state index in [2.05, 4.69) is 53.9 Å². The molecular weight excluding hydrogens is 182 g/mol. The highest BCUT2D eigenvalue weighted by molar-refractivity contribution is 4.79. The van der Waals surface area contributed by atoms with Gasteiger partial charge in [0.2, 0.25) is 0 Å². The third kappa shape index (κ3) is 5.55. The minimum Gasteiger partial charge on any atom is -0.317 e. The van der Waals surface area contributed by atoms with Crippen LogP contribution in [0.4, 0.5) is 0 Å². The highest BCUT2D eigenvalue weighted by Gasteiger charge is 2.24. The minimum absolute atomic E-state index is 0.422. The van der Waals surface area contributed by atoms with Crippen molar-refractivity contribution in [3.63, 3.8) is 0 Å². The first-order chi connectivity index (χ1) is 6.81. The maximum absolute atomic E-state index is 3.37. The Morgan fingerprint density at radius 3 is 2.00 bits per heavy atom. The van der Waals surface area contributed by atoms with Crippen molar-refractivity contribution in [3.8, 4) is 0 Å². The second-order valence-corrected chi connectivity index (χ2v) is 6.11. The van der Waals surface area contributed by atoms with Crippen LogP contribution in [0.25, 0.3) is 0 Å². The van der Waals surface area contributed by atoms with Crippen LogP contribution >= 0.6 is 0 Å². The summed E-state index contributed by atoms with van der Waals surface area (Å²) in [5.41, 5.74) is 0.422. The molecule has 0 heterocycles. The van der Waals surface area contributed by atoms with Gasteiger partial charge in [0.05, 0.1) is 0 Å². The highest BCUT2D eigenvalue weighted by atomic mass is 14.9. The summed E-state index contributed by atoms with van der Waals surface area (Å²) in [6.45, 7) is 14.0.